The largest absolute Gasteiger partial charge is 0.325 e. The number of hydrogen-bond acceptors (Lipinski definition) is 4. The zero-order valence-electron chi connectivity index (χ0n) is 15.5. The molecule has 1 atom stereocenters. The van der Waals surface area contributed by atoms with Gasteiger partial charge in [-0.3, -0.25) is 19.8 Å². The Morgan fingerprint density at radius 2 is 1.93 bits per heavy atom. The zero-order chi connectivity index (χ0) is 20.3. The molecule has 0 aromatic heterocycles. The molecule has 28 heavy (non-hydrogen) atoms. The van der Waals surface area contributed by atoms with Crippen LogP contribution in [0.2, 0.25) is 10.0 Å². The second kappa shape index (κ2) is 8.90. The Balaban J connectivity index is 1.68. The van der Waals surface area contributed by atoms with E-state index in [1.165, 1.54) is 6.07 Å². The maximum atomic E-state index is 12.8. The molecule has 1 heterocycles. The van der Waals surface area contributed by atoms with E-state index in [1.54, 1.807) is 19.1 Å². The molecule has 6 nitrogen and oxygen atoms in total. The molecule has 1 fully saturated rings. The normalized spacial score (nSPS) is 17.3. The van der Waals surface area contributed by atoms with Gasteiger partial charge in [-0.2, -0.15) is 0 Å². The number of nitrogens with one attached hydrogen (secondary N) is 1. The van der Waals surface area contributed by atoms with Crippen molar-refractivity contribution in [2.24, 2.45) is 5.92 Å². The average molecular weight is 422 g/mol. The van der Waals surface area contributed by atoms with Crippen molar-refractivity contribution in [3.8, 4) is 0 Å². The Labute approximate surface area is 173 Å². The van der Waals surface area contributed by atoms with E-state index in [2.05, 4.69) is 10.2 Å². The third-order valence-corrected chi connectivity index (χ3v) is 5.79. The molecule has 1 N–H and O–H groups in total. The van der Waals surface area contributed by atoms with Crippen molar-refractivity contribution < 1.29 is 9.72 Å². The van der Waals surface area contributed by atoms with Crippen LogP contribution in [0.15, 0.2) is 36.4 Å². The molecule has 0 spiro atoms. The number of hydrogen-bond donors (Lipinski definition) is 1. The quantitative estimate of drug-likeness (QED) is 0.540. The number of anilines is 1. The number of carbonyl (C=O) groups is 1. The molecule has 1 amide bonds. The first kappa shape index (κ1) is 20.6. The fourth-order valence-corrected chi connectivity index (χ4v) is 4.03. The molecule has 0 radical (unpaired) electrons. The lowest BCUT2D eigenvalue weighted by atomic mass is 9.96. The van der Waals surface area contributed by atoms with Crippen LogP contribution in [0.5, 0.6) is 0 Å². The van der Waals surface area contributed by atoms with E-state index in [4.69, 9.17) is 23.2 Å². The molecule has 148 valence electrons. The maximum absolute atomic E-state index is 12.8. The van der Waals surface area contributed by atoms with Crippen LogP contribution >= 0.6 is 23.2 Å². The highest BCUT2D eigenvalue weighted by atomic mass is 35.5. The van der Waals surface area contributed by atoms with Crippen molar-refractivity contribution in [1.29, 1.82) is 0 Å². The van der Waals surface area contributed by atoms with E-state index >= 15 is 0 Å². The highest BCUT2D eigenvalue weighted by Crippen LogP contribution is 2.29. The van der Waals surface area contributed by atoms with Crippen LogP contribution in [0.25, 0.3) is 0 Å². The smallest absolute Gasteiger partial charge is 0.274 e. The molecule has 8 heteroatoms. The van der Waals surface area contributed by atoms with E-state index < -0.39 is 4.92 Å². The van der Waals surface area contributed by atoms with Gasteiger partial charge in [0.15, 0.2) is 0 Å². The number of rotatable bonds is 5. The summed E-state index contributed by atoms with van der Waals surface area (Å²) in [5.41, 5.74) is 1.79. The van der Waals surface area contributed by atoms with Crippen molar-refractivity contribution in [2.45, 2.75) is 26.3 Å². The summed E-state index contributed by atoms with van der Waals surface area (Å²) in [6.07, 6.45) is 1.65. The van der Waals surface area contributed by atoms with Crippen LogP contribution in [0.1, 0.15) is 24.0 Å². The number of piperidine rings is 1. The van der Waals surface area contributed by atoms with Crippen LogP contribution < -0.4 is 5.32 Å². The Morgan fingerprint density at radius 3 is 2.61 bits per heavy atom. The lowest BCUT2D eigenvalue weighted by Crippen LogP contribution is -2.40. The average Bonchev–Trinajstić information content (AvgIpc) is 2.66. The van der Waals surface area contributed by atoms with Crippen molar-refractivity contribution in [3.05, 3.63) is 67.7 Å². The molecular weight excluding hydrogens is 401 g/mol. The lowest BCUT2D eigenvalue weighted by Gasteiger charge is -2.32. The van der Waals surface area contributed by atoms with Crippen molar-refractivity contribution in [3.63, 3.8) is 0 Å². The maximum Gasteiger partial charge on any atom is 0.274 e. The Bertz CT molecular complexity index is 884. The van der Waals surface area contributed by atoms with Crippen molar-refractivity contribution in [2.75, 3.05) is 18.4 Å². The fraction of sp³-hybridized carbons (Fsp3) is 0.350. The van der Waals surface area contributed by atoms with E-state index in [-0.39, 0.29) is 17.5 Å². The molecule has 1 saturated heterocycles. The summed E-state index contributed by atoms with van der Waals surface area (Å²) in [7, 11) is 0. The third kappa shape index (κ3) is 4.63. The van der Waals surface area contributed by atoms with Crippen LogP contribution in [0.3, 0.4) is 0 Å². The second-order valence-corrected chi connectivity index (χ2v) is 7.78. The Morgan fingerprint density at radius 1 is 1.25 bits per heavy atom. The molecule has 0 saturated carbocycles. The van der Waals surface area contributed by atoms with Gasteiger partial charge in [-0.25, -0.2) is 0 Å². The van der Waals surface area contributed by atoms with Crippen LogP contribution in [0.4, 0.5) is 11.4 Å². The minimum absolute atomic E-state index is 0.00330. The first-order chi connectivity index (χ1) is 13.4. The molecular formula is C20H21Cl2N3O3. The number of nitro groups is 1. The molecule has 2 aromatic rings. The minimum Gasteiger partial charge on any atom is -0.325 e. The molecule has 1 aliphatic heterocycles. The van der Waals surface area contributed by atoms with Gasteiger partial charge in [0.25, 0.3) is 5.69 Å². The SMILES string of the molecule is Cc1c(NC(=O)C2CCCN(Cc3c(Cl)cccc3Cl)C2)cccc1[N+](=O)[O-]. The summed E-state index contributed by atoms with van der Waals surface area (Å²) in [5.74, 6) is -0.327. The fourth-order valence-electron chi connectivity index (χ4n) is 3.51. The number of nitrogens with zero attached hydrogens (tertiary/aromatic N) is 2. The number of carbonyl (C=O) groups excluding carboxylic acids is 1. The predicted octanol–water partition coefficient (Wildman–Crippen LogP) is 5.06. The summed E-state index contributed by atoms with van der Waals surface area (Å²) in [6.45, 7) is 3.67. The monoisotopic (exact) mass is 421 g/mol. The molecule has 1 aliphatic rings. The first-order valence-electron chi connectivity index (χ1n) is 9.07. The van der Waals surface area contributed by atoms with Crippen molar-refractivity contribution >= 4 is 40.5 Å². The van der Waals surface area contributed by atoms with Gasteiger partial charge in [0, 0.05) is 34.8 Å². The van der Waals surface area contributed by atoms with Gasteiger partial charge in [-0.05, 0) is 44.5 Å². The molecule has 3 rings (SSSR count). The van der Waals surface area contributed by atoms with Gasteiger partial charge in [0.2, 0.25) is 5.91 Å². The number of amides is 1. The highest BCUT2D eigenvalue weighted by Gasteiger charge is 2.27. The molecule has 2 aromatic carbocycles. The summed E-state index contributed by atoms with van der Waals surface area (Å²) in [6, 6.07) is 10.1. The van der Waals surface area contributed by atoms with Crippen molar-refractivity contribution in [1.82, 2.24) is 4.90 Å². The van der Waals surface area contributed by atoms with Gasteiger partial charge < -0.3 is 5.32 Å². The van der Waals surface area contributed by atoms with E-state index in [9.17, 15) is 14.9 Å². The summed E-state index contributed by atoms with van der Waals surface area (Å²) in [5, 5.41) is 15.2. The predicted molar refractivity (Wildman–Crippen MR) is 111 cm³/mol. The summed E-state index contributed by atoms with van der Waals surface area (Å²) < 4.78 is 0. The highest BCUT2D eigenvalue weighted by molar-refractivity contribution is 6.35. The van der Waals surface area contributed by atoms with E-state index in [0.29, 0.717) is 34.4 Å². The van der Waals surface area contributed by atoms with Gasteiger partial charge in [-0.15, -0.1) is 0 Å². The van der Waals surface area contributed by atoms with Crippen LogP contribution in [-0.2, 0) is 11.3 Å². The molecule has 0 aliphatic carbocycles. The van der Waals surface area contributed by atoms with Gasteiger partial charge in [0.1, 0.15) is 0 Å². The second-order valence-electron chi connectivity index (χ2n) is 6.97. The standard InChI is InChI=1S/C20H21Cl2N3O3/c1-13-18(8-3-9-19(13)25(27)28)23-20(26)14-5-4-10-24(11-14)12-15-16(21)6-2-7-17(15)22/h2-3,6-9,14H,4-5,10-12H2,1H3,(H,23,26). The minimum atomic E-state index is -0.444. The van der Waals surface area contributed by atoms with Crippen LogP contribution in [0, 0.1) is 23.0 Å². The number of benzene rings is 2. The molecule has 0 bridgehead atoms. The topological polar surface area (TPSA) is 75.5 Å². The molecule has 1 unspecified atom stereocenters. The third-order valence-electron chi connectivity index (χ3n) is 5.08. The van der Waals surface area contributed by atoms with Gasteiger partial charge in [-0.1, -0.05) is 35.3 Å². The van der Waals surface area contributed by atoms with Crippen LogP contribution in [-0.4, -0.2) is 28.8 Å². The van der Waals surface area contributed by atoms with Gasteiger partial charge >= 0.3 is 0 Å². The van der Waals surface area contributed by atoms with Gasteiger partial charge in [0.05, 0.1) is 22.1 Å². The first-order valence-corrected chi connectivity index (χ1v) is 9.82. The van der Waals surface area contributed by atoms with E-state index in [1.807, 2.05) is 18.2 Å². The van der Waals surface area contributed by atoms with E-state index in [0.717, 1.165) is 24.9 Å². The Hall–Kier alpha value is -2.15. The number of halogens is 2. The lowest BCUT2D eigenvalue weighted by molar-refractivity contribution is -0.385. The summed E-state index contributed by atoms with van der Waals surface area (Å²) in [4.78, 5) is 25.6. The Kier molecular flexibility index (Phi) is 6.54. The summed E-state index contributed by atoms with van der Waals surface area (Å²) >= 11 is 12.5. The zero-order valence-corrected chi connectivity index (χ0v) is 17.0. The number of nitro benzene ring substituents is 1. The number of likely N-dealkylation sites (tertiary alicyclic amines) is 1.